The van der Waals surface area contributed by atoms with Gasteiger partial charge in [-0.05, 0) is 24.3 Å². The molecule has 0 spiro atoms. The SMILES string of the molecule is C=C=COCC(CO)(COCCCS)COCCCS. The maximum atomic E-state index is 9.67. The van der Waals surface area contributed by atoms with Crippen molar-refractivity contribution in [2.75, 3.05) is 51.1 Å². The Balaban J connectivity index is 4.31. The lowest BCUT2D eigenvalue weighted by atomic mass is 9.92. The average molecular weight is 322 g/mol. The zero-order chi connectivity index (χ0) is 15.1. The van der Waals surface area contributed by atoms with Crippen LogP contribution in [0.4, 0.5) is 0 Å². The molecule has 0 aromatic carbocycles. The van der Waals surface area contributed by atoms with E-state index in [4.69, 9.17) is 14.2 Å². The largest absolute Gasteiger partial charge is 0.492 e. The van der Waals surface area contributed by atoms with E-state index in [1.807, 2.05) is 0 Å². The van der Waals surface area contributed by atoms with Gasteiger partial charge in [0.2, 0.25) is 0 Å². The second kappa shape index (κ2) is 13.9. The lowest BCUT2D eigenvalue weighted by molar-refractivity contribution is -0.0787. The second-order valence-corrected chi connectivity index (χ2v) is 5.45. The highest BCUT2D eigenvalue weighted by Crippen LogP contribution is 2.19. The van der Waals surface area contributed by atoms with Gasteiger partial charge in [0.25, 0.3) is 0 Å². The molecule has 0 aliphatic heterocycles. The van der Waals surface area contributed by atoms with E-state index in [1.165, 1.54) is 6.26 Å². The van der Waals surface area contributed by atoms with Gasteiger partial charge in [0.1, 0.15) is 12.9 Å². The Morgan fingerprint density at radius 3 is 2.00 bits per heavy atom. The number of aliphatic hydroxyl groups excluding tert-OH is 1. The summed E-state index contributed by atoms with van der Waals surface area (Å²) in [5.74, 6) is 1.56. The van der Waals surface area contributed by atoms with Crippen molar-refractivity contribution in [1.29, 1.82) is 0 Å². The number of ether oxygens (including phenoxy) is 3. The Bertz CT molecular complexity index is 256. The highest BCUT2D eigenvalue weighted by molar-refractivity contribution is 7.80. The van der Waals surface area contributed by atoms with Crippen molar-refractivity contribution in [3.8, 4) is 0 Å². The van der Waals surface area contributed by atoms with Crippen LogP contribution in [0.2, 0.25) is 0 Å². The van der Waals surface area contributed by atoms with Crippen LogP contribution >= 0.6 is 25.3 Å². The molecule has 118 valence electrons. The molecule has 1 N–H and O–H groups in total. The van der Waals surface area contributed by atoms with Crippen molar-refractivity contribution < 1.29 is 19.3 Å². The maximum Gasteiger partial charge on any atom is 0.124 e. The van der Waals surface area contributed by atoms with Crippen molar-refractivity contribution >= 4 is 25.3 Å². The molecule has 0 amide bonds. The molecule has 0 saturated heterocycles. The van der Waals surface area contributed by atoms with Crippen molar-refractivity contribution in [3.05, 3.63) is 18.6 Å². The minimum absolute atomic E-state index is 0.0697. The van der Waals surface area contributed by atoms with Crippen LogP contribution in [0.25, 0.3) is 0 Å². The van der Waals surface area contributed by atoms with Gasteiger partial charge in [-0.3, -0.25) is 0 Å². The summed E-state index contributed by atoms with van der Waals surface area (Å²) in [6, 6.07) is 0. The molecule has 4 nitrogen and oxygen atoms in total. The first-order chi connectivity index (χ1) is 9.74. The molecule has 0 fully saturated rings. The van der Waals surface area contributed by atoms with Gasteiger partial charge in [0.15, 0.2) is 0 Å². The summed E-state index contributed by atoms with van der Waals surface area (Å²) in [6.07, 6.45) is 3.13. The van der Waals surface area contributed by atoms with Crippen LogP contribution in [0.15, 0.2) is 18.6 Å². The minimum atomic E-state index is -0.569. The van der Waals surface area contributed by atoms with E-state index in [1.54, 1.807) is 0 Å². The Morgan fingerprint density at radius 2 is 1.60 bits per heavy atom. The predicted molar refractivity (Wildman–Crippen MR) is 87.8 cm³/mol. The van der Waals surface area contributed by atoms with E-state index in [9.17, 15) is 5.11 Å². The number of rotatable bonds is 14. The molecule has 0 aliphatic rings. The molecule has 0 saturated carbocycles. The number of aliphatic hydroxyl groups is 1. The fourth-order valence-corrected chi connectivity index (χ4v) is 1.71. The molecule has 0 aromatic rings. The molecule has 0 rings (SSSR count). The maximum absolute atomic E-state index is 9.67. The van der Waals surface area contributed by atoms with Crippen molar-refractivity contribution in [3.63, 3.8) is 0 Å². The molecule has 20 heavy (non-hydrogen) atoms. The summed E-state index contributed by atoms with van der Waals surface area (Å²) >= 11 is 8.26. The van der Waals surface area contributed by atoms with E-state index in [0.717, 1.165) is 24.3 Å². The van der Waals surface area contributed by atoms with Crippen LogP contribution < -0.4 is 0 Å². The van der Waals surface area contributed by atoms with Crippen LogP contribution in [0.5, 0.6) is 0 Å². The van der Waals surface area contributed by atoms with Gasteiger partial charge in [-0.2, -0.15) is 25.3 Å². The number of hydrogen-bond acceptors (Lipinski definition) is 6. The minimum Gasteiger partial charge on any atom is -0.492 e. The summed E-state index contributed by atoms with van der Waals surface area (Å²) in [4.78, 5) is 0. The Hall–Kier alpha value is -0.100. The topological polar surface area (TPSA) is 47.9 Å². The average Bonchev–Trinajstić information content (AvgIpc) is 2.47. The molecule has 0 heterocycles. The van der Waals surface area contributed by atoms with Gasteiger partial charge in [0.05, 0.1) is 25.2 Å². The van der Waals surface area contributed by atoms with E-state index in [-0.39, 0.29) is 6.61 Å². The Kier molecular flexibility index (Phi) is 13.8. The molecule has 6 heteroatoms. The fraction of sp³-hybridized carbons (Fsp3) is 0.786. The normalized spacial score (nSPS) is 11.2. The Morgan fingerprint density at radius 1 is 1.05 bits per heavy atom. The number of hydrogen-bond donors (Lipinski definition) is 3. The summed E-state index contributed by atoms with van der Waals surface area (Å²) < 4.78 is 16.5. The third-order valence-electron chi connectivity index (χ3n) is 2.60. The monoisotopic (exact) mass is 322 g/mol. The van der Waals surface area contributed by atoms with E-state index < -0.39 is 5.41 Å². The van der Waals surface area contributed by atoms with Crippen molar-refractivity contribution in [1.82, 2.24) is 0 Å². The lowest BCUT2D eigenvalue weighted by Crippen LogP contribution is -2.40. The van der Waals surface area contributed by atoms with Gasteiger partial charge >= 0.3 is 0 Å². The summed E-state index contributed by atoms with van der Waals surface area (Å²) in [6.45, 7) is 5.64. The summed E-state index contributed by atoms with van der Waals surface area (Å²) in [5, 5.41) is 9.67. The zero-order valence-electron chi connectivity index (χ0n) is 11.9. The van der Waals surface area contributed by atoms with Gasteiger partial charge in [-0.1, -0.05) is 12.3 Å². The fourth-order valence-electron chi connectivity index (χ4n) is 1.45. The first-order valence-electron chi connectivity index (χ1n) is 6.68. The van der Waals surface area contributed by atoms with Gasteiger partial charge in [-0.25, -0.2) is 0 Å². The molecule has 0 bridgehead atoms. The zero-order valence-corrected chi connectivity index (χ0v) is 13.7. The third-order valence-corrected chi connectivity index (χ3v) is 3.23. The molecule has 0 atom stereocenters. The highest BCUT2D eigenvalue weighted by atomic mass is 32.1. The van der Waals surface area contributed by atoms with Gasteiger partial charge < -0.3 is 19.3 Å². The predicted octanol–water partition coefficient (Wildman–Crippen LogP) is 1.95. The second-order valence-electron chi connectivity index (χ2n) is 4.55. The standard InChI is InChI=1S/C14H26O4S2/c1-2-5-16-11-14(10-15,12-17-6-3-8-19)13-18-7-4-9-20/h5,15,19-20H,1,3-4,6-13H2. The third kappa shape index (κ3) is 9.75. The number of thiol groups is 2. The van der Waals surface area contributed by atoms with Gasteiger partial charge in [0, 0.05) is 13.2 Å². The van der Waals surface area contributed by atoms with Gasteiger partial charge in [-0.15, -0.1) is 0 Å². The highest BCUT2D eigenvalue weighted by Gasteiger charge is 2.31. The van der Waals surface area contributed by atoms with Crippen LogP contribution in [-0.4, -0.2) is 56.3 Å². The molecule has 0 aromatic heterocycles. The molecular weight excluding hydrogens is 296 g/mol. The summed E-state index contributed by atoms with van der Waals surface area (Å²) in [5.41, 5.74) is 1.97. The smallest absolute Gasteiger partial charge is 0.124 e. The van der Waals surface area contributed by atoms with Crippen LogP contribution in [0, 0.1) is 5.41 Å². The van der Waals surface area contributed by atoms with Crippen molar-refractivity contribution in [2.45, 2.75) is 12.8 Å². The van der Waals surface area contributed by atoms with Crippen LogP contribution in [0.1, 0.15) is 12.8 Å². The molecular formula is C14H26O4S2. The van der Waals surface area contributed by atoms with Crippen molar-refractivity contribution in [2.24, 2.45) is 5.41 Å². The molecule has 0 unspecified atom stereocenters. The molecule has 0 aliphatic carbocycles. The van der Waals surface area contributed by atoms with E-state index in [2.05, 4.69) is 37.6 Å². The van der Waals surface area contributed by atoms with Crippen LogP contribution in [0.3, 0.4) is 0 Å². The summed E-state index contributed by atoms with van der Waals surface area (Å²) in [7, 11) is 0. The quantitative estimate of drug-likeness (QED) is 0.198. The lowest BCUT2D eigenvalue weighted by Gasteiger charge is -2.30. The van der Waals surface area contributed by atoms with Crippen LogP contribution in [-0.2, 0) is 14.2 Å². The molecule has 0 radical (unpaired) electrons. The Labute approximate surface area is 133 Å². The first-order valence-corrected chi connectivity index (χ1v) is 7.95. The van der Waals surface area contributed by atoms with E-state index in [0.29, 0.717) is 33.0 Å². The first kappa shape index (κ1) is 19.9. The van der Waals surface area contributed by atoms with E-state index >= 15 is 0 Å².